The number of cyclic esters (lactones) is 1. The Bertz CT molecular complexity index is 952. The van der Waals surface area contributed by atoms with Crippen LogP contribution < -0.4 is 0 Å². The van der Waals surface area contributed by atoms with Crippen molar-refractivity contribution in [2.45, 2.75) is 98.1 Å². The predicted octanol–water partition coefficient (Wildman–Crippen LogP) is 4.28. The number of halogens is 1. The molecule has 8 nitrogen and oxygen atoms in total. The first kappa shape index (κ1) is 29.9. The van der Waals surface area contributed by atoms with Crippen LogP contribution in [0.2, 0.25) is 0 Å². The number of esters is 1. The zero-order chi connectivity index (χ0) is 27.0. The molecule has 0 saturated carbocycles. The largest absolute Gasteiger partial charge is 0.455 e. The van der Waals surface area contributed by atoms with Gasteiger partial charge in [0.15, 0.2) is 6.10 Å². The molecule has 0 saturated heterocycles. The maximum Gasteiger partial charge on any atom is 0.309 e. The minimum atomic E-state index is -1.38. The zero-order valence-corrected chi connectivity index (χ0v) is 21.9. The van der Waals surface area contributed by atoms with Gasteiger partial charge >= 0.3 is 5.97 Å². The number of ketones is 1. The lowest BCUT2D eigenvalue weighted by Gasteiger charge is -2.35. The van der Waals surface area contributed by atoms with E-state index in [-0.39, 0.29) is 29.7 Å². The van der Waals surface area contributed by atoms with Crippen LogP contribution in [0.4, 0.5) is 4.39 Å². The van der Waals surface area contributed by atoms with Crippen LogP contribution in [0.3, 0.4) is 0 Å². The molecule has 202 valence electrons. The van der Waals surface area contributed by atoms with Crippen molar-refractivity contribution in [2.24, 2.45) is 17.3 Å². The Morgan fingerprint density at radius 2 is 2.00 bits per heavy atom. The van der Waals surface area contributed by atoms with E-state index in [1.807, 2.05) is 20.8 Å². The summed E-state index contributed by atoms with van der Waals surface area (Å²) in [6, 6.07) is 0. The summed E-state index contributed by atoms with van der Waals surface area (Å²) in [5.41, 5.74) is -0.213. The van der Waals surface area contributed by atoms with E-state index >= 15 is 4.39 Å². The van der Waals surface area contributed by atoms with Gasteiger partial charge in [-0.15, -0.1) is 0 Å². The molecule has 0 spiro atoms. The molecule has 0 aliphatic carbocycles. The molecule has 0 fully saturated rings. The Morgan fingerprint density at radius 1 is 1.31 bits per heavy atom. The normalized spacial score (nSPS) is 31.0. The molecular weight excluding hydrogens is 469 g/mol. The summed E-state index contributed by atoms with van der Waals surface area (Å²) < 4.78 is 25.6. The van der Waals surface area contributed by atoms with E-state index in [4.69, 9.17) is 14.3 Å². The molecule has 2 rings (SSSR count). The first-order valence-corrected chi connectivity index (χ1v) is 12.6. The van der Waals surface area contributed by atoms with Gasteiger partial charge in [-0.1, -0.05) is 39.3 Å². The maximum absolute atomic E-state index is 15.1. The summed E-state index contributed by atoms with van der Waals surface area (Å²) >= 11 is 0. The molecule has 0 unspecified atom stereocenters. The second-order valence-electron chi connectivity index (χ2n) is 10.3. The van der Waals surface area contributed by atoms with Gasteiger partial charge in [0.25, 0.3) is 0 Å². The van der Waals surface area contributed by atoms with Crippen LogP contribution in [-0.4, -0.2) is 50.4 Å². The second-order valence-corrected chi connectivity index (χ2v) is 10.3. The van der Waals surface area contributed by atoms with Crippen LogP contribution in [0.5, 0.6) is 0 Å². The Labute approximate surface area is 212 Å². The molecule has 36 heavy (non-hydrogen) atoms. The minimum Gasteiger partial charge on any atom is -0.455 e. The average Bonchev–Trinajstić information content (AvgIpc) is 3.28. The molecule has 5 atom stereocenters. The smallest absolute Gasteiger partial charge is 0.309 e. The molecule has 3 N–H and O–H groups in total. The molecule has 1 aliphatic heterocycles. The number of rotatable bonds is 4. The lowest BCUT2D eigenvalue weighted by Crippen LogP contribution is -2.46. The number of aliphatic hydroxyl groups is 3. The Kier molecular flexibility index (Phi) is 11.0. The Balaban J connectivity index is 2.35. The topological polar surface area (TPSA) is 130 Å². The fourth-order valence-corrected chi connectivity index (χ4v) is 4.44. The third-order valence-electron chi connectivity index (χ3n) is 7.08. The number of allylic oxidation sites excluding steroid dienone is 1. The number of ether oxygens (including phenoxy) is 1. The van der Waals surface area contributed by atoms with Gasteiger partial charge in [0.2, 0.25) is 5.89 Å². The van der Waals surface area contributed by atoms with Crippen molar-refractivity contribution in [2.75, 3.05) is 0 Å². The number of nitrogens with zero attached hydrogens (tertiary/aromatic N) is 1. The van der Waals surface area contributed by atoms with Crippen LogP contribution in [-0.2, 0) is 20.9 Å². The molecular formula is C27H40FNO7. The van der Waals surface area contributed by atoms with Crippen LogP contribution in [0.15, 0.2) is 28.2 Å². The number of hydrogen-bond acceptors (Lipinski definition) is 8. The minimum absolute atomic E-state index is 0.0273. The van der Waals surface area contributed by atoms with Gasteiger partial charge < -0.3 is 24.5 Å². The molecule has 0 aromatic carbocycles. The van der Waals surface area contributed by atoms with E-state index < -0.39 is 54.5 Å². The first-order valence-electron chi connectivity index (χ1n) is 12.6. The molecule has 2 heterocycles. The highest BCUT2D eigenvalue weighted by atomic mass is 19.1. The Morgan fingerprint density at radius 3 is 2.61 bits per heavy atom. The fraction of sp³-hybridized carbons (Fsp3) is 0.667. The van der Waals surface area contributed by atoms with Gasteiger partial charge in [-0.3, -0.25) is 9.59 Å². The summed E-state index contributed by atoms with van der Waals surface area (Å²) in [4.78, 5) is 30.0. The molecule has 0 bridgehead atoms. The average molecular weight is 510 g/mol. The van der Waals surface area contributed by atoms with Crippen LogP contribution in [0.1, 0.15) is 84.7 Å². The number of carbonyl (C=O) groups excluding carboxylic acids is 2. The number of aliphatic hydroxyl groups excluding tert-OH is 3. The molecule has 1 aromatic rings. The lowest BCUT2D eigenvalue weighted by atomic mass is 9.71. The van der Waals surface area contributed by atoms with Crippen molar-refractivity contribution < 1.29 is 38.5 Å². The number of hydrogen-bond donors (Lipinski definition) is 3. The van der Waals surface area contributed by atoms with E-state index in [1.165, 1.54) is 6.26 Å². The lowest BCUT2D eigenvalue weighted by molar-refractivity contribution is -0.155. The van der Waals surface area contributed by atoms with E-state index in [0.717, 1.165) is 18.1 Å². The van der Waals surface area contributed by atoms with Gasteiger partial charge in [-0.25, -0.2) is 9.37 Å². The summed E-state index contributed by atoms with van der Waals surface area (Å²) in [5, 5.41) is 30.8. The quantitative estimate of drug-likeness (QED) is 0.405. The van der Waals surface area contributed by atoms with Gasteiger partial charge in [0.05, 0.1) is 24.0 Å². The van der Waals surface area contributed by atoms with Crippen molar-refractivity contribution in [3.8, 4) is 0 Å². The Hall–Kier alpha value is -2.36. The van der Waals surface area contributed by atoms with Crippen molar-refractivity contribution in [3.05, 3.63) is 35.3 Å². The summed E-state index contributed by atoms with van der Waals surface area (Å²) in [6.45, 7) is 8.29. The number of carbonyl (C=O) groups is 2. The molecule has 9 heteroatoms. The third kappa shape index (κ3) is 7.82. The van der Waals surface area contributed by atoms with Crippen LogP contribution in [0.25, 0.3) is 6.08 Å². The standard InChI is InChI=1S/C27H40FNO7/c1-6-19-25(33)17(3)9-7-8-16(2)10-11-21(20(28)12-18-15-35-23(14-30)29-18)36-24(32)13-22(31)27(4,5)26(19)34/h10,12,15,17,19,21-22,25,30-31,33H,6-9,11,13-14H2,1-5H3/b16-10-,20-12?/t17-,19+,21-,22-,25-/m0/s1. The number of oxazole rings is 1. The summed E-state index contributed by atoms with van der Waals surface area (Å²) in [5.74, 6) is -2.71. The van der Waals surface area contributed by atoms with Crippen molar-refractivity contribution in [1.29, 1.82) is 0 Å². The highest BCUT2D eigenvalue weighted by molar-refractivity contribution is 5.88. The molecule has 1 aromatic heterocycles. The maximum atomic E-state index is 15.1. The van der Waals surface area contributed by atoms with Gasteiger partial charge in [-0.2, -0.15) is 0 Å². The molecule has 0 radical (unpaired) electrons. The van der Waals surface area contributed by atoms with Gasteiger partial charge in [-0.05, 0) is 38.5 Å². The van der Waals surface area contributed by atoms with Crippen LogP contribution in [0, 0.1) is 17.3 Å². The summed E-state index contributed by atoms with van der Waals surface area (Å²) in [7, 11) is 0. The predicted molar refractivity (Wildman–Crippen MR) is 132 cm³/mol. The first-order chi connectivity index (χ1) is 16.9. The molecule has 1 aliphatic rings. The van der Waals surface area contributed by atoms with Crippen molar-refractivity contribution in [1.82, 2.24) is 4.98 Å². The van der Waals surface area contributed by atoms with Crippen molar-refractivity contribution >= 4 is 17.8 Å². The highest BCUT2D eigenvalue weighted by Gasteiger charge is 2.43. The molecule has 0 amide bonds. The number of aromatic nitrogens is 1. The zero-order valence-electron chi connectivity index (χ0n) is 21.9. The van der Waals surface area contributed by atoms with Gasteiger partial charge in [0.1, 0.15) is 30.2 Å². The van der Waals surface area contributed by atoms with E-state index in [2.05, 4.69) is 4.98 Å². The SMILES string of the molecule is CC[C@H]1C(=O)C(C)(C)[C@@H](O)CC(=O)O[C@H](C(F)=Cc2coc(CO)n2)C/C=C(/C)CCC[C@H](C)[C@@H]1O. The van der Waals surface area contributed by atoms with E-state index in [1.54, 1.807) is 19.9 Å². The monoisotopic (exact) mass is 509 g/mol. The highest BCUT2D eigenvalue weighted by Crippen LogP contribution is 2.34. The fourth-order valence-electron chi connectivity index (χ4n) is 4.44. The second kappa shape index (κ2) is 13.3. The number of Topliss-reactive ketones (excluding diaryl/α,β-unsaturated/α-hetero) is 1. The summed E-state index contributed by atoms with van der Waals surface area (Å²) in [6.07, 6.45) is 2.70. The van der Waals surface area contributed by atoms with Crippen LogP contribution >= 0.6 is 0 Å². The third-order valence-corrected chi connectivity index (χ3v) is 7.08. The van der Waals surface area contributed by atoms with Gasteiger partial charge in [0, 0.05) is 18.4 Å². The van der Waals surface area contributed by atoms with E-state index in [9.17, 15) is 19.8 Å². The van der Waals surface area contributed by atoms with E-state index in [0.29, 0.717) is 19.3 Å². The van der Waals surface area contributed by atoms with Crippen molar-refractivity contribution in [3.63, 3.8) is 0 Å².